The van der Waals surface area contributed by atoms with E-state index in [-0.39, 0.29) is 0 Å². The van der Waals surface area contributed by atoms with Gasteiger partial charge in [-0.1, -0.05) is 21.6 Å². The molecule has 0 N–H and O–H groups in total. The van der Waals surface area contributed by atoms with Gasteiger partial charge in [0.2, 0.25) is 0 Å². The highest BCUT2D eigenvalue weighted by Gasteiger charge is 2.26. The maximum absolute atomic E-state index is 11.2. The molecule has 0 fully saturated rings. The van der Waals surface area contributed by atoms with Gasteiger partial charge in [0.05, 0.1) is 5.75 Å². The first kappa shape index (κ1) is 9.42. The summed E-state index contributed by atoms with van der Waals surface area (Å²) in [5, 5.41) is 0. The summed E-state index contributed by atoms with van der Waals surface area (Å²) in [5.41, 5.74) is 0. The average Bonchev–Trinajstić information content (AvgIpc) is 1.63. The molecule has 56 valence electrons. The lowest BCUT2D eigenvalue weighted by molar-refractivity contribution is -0.104. The van der Waals surface area contributed by atoms with E-state index in [4.69, 9.17) is 0 Å². The first-order valence-electron chi connectivity index (χ1n) is 1.93. The zero-order chi connectivity index (χ0) is 7.33. The SMILES string of the molecule is FCSSCC(F)(F)F. The van der Waals surface area contributed by atoms with Crippen molar-refractivity contribution >= 4 is 21.6 Å². The second kappa shape index (κ2) is 4.27. The van der Waals surface area contributed by atoms with Gasteiger partial charge in [-0.05, 0) is 0 Å². The van der Waals surface area contributed by atoms with Gasteiger partial charge >= 0.3 is 6.18 Å². The van der Waals surface area contributed by atoms with Gasteiger partial charge in [0.15, 0.2) is 0 Å². The average molecular weight is 180 g/mol. The molecular formula is C3H4F4S2. The van der Waals surface area contributed by atoms with Crippen molar-refractivity contribution < 1.29 is 17.6 Å². The van der Waals surface area contributed by atoms with Gasteiger partial charge in [-0.15, -0.1) is 0 Å². The molecule has 0 saturated carbocycles. The molecule has 9 heavy (non-hydrogen) atoms. The predicted molar refractivity (Wildman–Crippen MR) is 32.1 cm³/mol. The molecule has 0 rings (SSSR count). The van der Waals surface area contributed by atoms with Crippen LogP contribution in [0.1, 0.15) is 0 Å². The normalized spacial score (nSPS) is 12.0. The Morgan fingerprint density at radius 3 is 2.00 bits per heavy atom. The van der Waals surface area contributed by atoms with Gasteiger partial charge in [-0.3, -0.25) is 0 Å². The van der Waals surface area contributed by atoms with E-state index in [9.17, 15) is 17.6 Å². The van der Waals surface area contributed by atoms with Gasteiger partial charge < -0.3 is 0 Å². The van der Waals surface area contributed by atoms with Gasteiger partial charge in [-0.25, -0.2) is 4.39 Å². The lowest BCUT2D eigenvalue weighted by Crippen LogP contribution is -2.09. The van der Waals surface area contributed by atoms with Crippen LogP contribution < -0.4 is 0 Å². The Morgan fingerprint density at radius 1 is 1.11 bits per heavy atom. The molecule has 0 radical (unpaired) electrons. The zero-order valence-corrected chi connectivity index (χ0v) is 5.88. The van der Waals surface area contributed by atoms with E-state index in [0.29, 0.717) is 21.6 Å². The minimum absolute atomic E-state index is 0.477. The predicted octanol–water partition coefficient (Wildman–Crippen LogP) is 2.86. The fourth-order valence-corrected chi connectivity index (χ4v) is 1.26. The highest BCUT2D eigenvalue weighted by Crippen LogP contribution is 2.29. The Bertz CT molecular complexity index is 70.7. The highest BCUT2D eigenvalue weighted by molar-refractivity contribution is 8.76. The smallest absolute Gasteiger partial charge is 0.238 e. The van der Waals surface area contributed by atoms with Crippen molar-refractivity contribution in [2.75, 3.05) is 11.8 Å². The van der Waals surface area contributed by atoms with Crippen molar-refractivity contribution in [3.63, 3.8) is 0 Å². The van der Waals surface area contributed by atoms with Crippen molar-refractivity contribution in [1.29, 1.82) is 0 Å². The summed E-state index contributed by atoms with van der Waals surface area (Å²) in [6.45, 7) is 0. The first-order valence-corrected chi connectivity index (χ1v) is 4.42. The standard InChI is InChI=1S/C3H4F4S2/c4-2-9-8-1-3(5,6)7/h1-2H2. The lowest BCUT2D eigenvalue weighted by atomic mass is 10.8. The summed E-state index contributed by atoms with van der Waals surface area (Å²) in [6, 6.07) is -0.777. The molecule has 0 aromatic carbocycles. The molecule has 6 heteroatoms. The van der Waals surface area contributed by atoms with E-state index in [0.717, 1.165) is 0 Å². The molecule has 0 unspecified atom stereocenters. The van der Waals surface area contributed by atoms with E-state index in [1.807, 2.05) is 0 Å². The van der Waals surface area contributed by atoms with Crippen LogP contribution in [0.15, 0.2) is 0 Å². The maximum atomic E-state index is 11.2. The zero-order valence-electron chi connectivity index (χ0n) is 4.24. The molecule has 0 aliphatic heterocycles. The van der Waals surface area contributed by atoms with Crippen molar-refractivity contribution in [2.45, 2.75) is 6.18 Å². The number of hydrogen-bond acceptors (Lipinski definition) is 2. The highest BCUT2D eigenvalue weighted by atomic mass is 33.1. The molecule has 0 aromatic heterocycles. The summed E-state index contributed by atoms with van der Waals surface area (Å²) in [7, 11) is 1.04. The van der Waals surface area contributed by atoms with Gasteiger partial charge in [0.25, 0.3) is 0 Å². The van der Waals surface area contributed by atoms with E-state index >= 15 is 0 Å². The molecule has 0 aliphatic carbocycles. The van der Waals surface area contributed by atoms with E-state index in [1.54, 1.807) is 0 Å². The fraction of sp³-hybridized carbons (Fsp3) is 1.00. The summed E-state index contributed by atoms with van der Waals surface area (Å²) in [5.74, 6) is -0.985. The largest absolute Gasteiger partial charge is 0.398 e. The molecule has 0 amide bonds. The maximum Gasteiger partial charge on any atom is 0.398 e. The van der Waals surface area contributed by atoms with Crippen LogP contribution >= 0.6 is 21.6 Å². The van der Waals surface area contributed by atoms with Crippen molar-refractivity contribution in [3.05, 3.63) is 0 Å². The summed E-state index contributed by atoms with van der Waals surface area (Å²) >= 11 is 0. The molecule has 0 aliphatic rings. The first-order chi connectivity index (χ1) is 4.06. The van der Waals surface area contributed by atoms with Crippen molar-refractivity contribution in [3.8, 4) is 0 Å². The van der Waals surface area contributed by atoms with Crippen molar-refractivity contribution in [1.82, 2.24) is 0 Å². The molecule has 0 heterocycles. The monoisotopic (exact) mass is 180 g/mol. The van der Waals surface area contributed by atoms with Crippen molar-refractivity contribution in [2.24, 2.45) is 0 Å². The third-order valence-corrected chi connectivity index (χ3v) is 2.17. The second-order valence-corrected chi connectivity index (χ2v) is 3.50. The molecule has 0 atom stereocenters. The molecular weight excluding hydrogens is 176 g/mol. The van der Waals surface area contributed by atoms with Gasteiger partial charge in [0, 0.05) is 0 Å². The minimum atomic E-state index is -4.17. The van der Waals surface area contributed by atoms with E-state index < -0.39 is 17.9 Å². The minimum Gasteiger partial charge on any atom is -0.238 e. The Hall–Kier alpha value is 0.420. The number of rotatable bonds is 3. The number of hydrogen-bond donors (Lipinski definition) is 0. The lowest BCUT2D eigenvalue weighted by Gasteiger charge is -2.01. The van der Waals surface area contributed by atoms with Crippen LogP contribution in [0.3, 0.4) is 0 Å². The van der Waals surface area contributed by atoms with Gasteiger partial charge in [0.1, 0.15) is 6.01 Å². The summed E-state index contributed by atoms with van der Waals surface area (Å²) in [4.78, 5) is 0. The summed E-state index contributed by atoms with van der Waals surface area (Å²) < 4.78 is 44.8. The Morgan fingerprint density at radius 2 is 1.67 bits per heavy atom. The van der Waals surface area contributed by atoms with E-state index in [1.165, 1.54) is 0 Å². The number of halogens is 4. The Kier molecular flexibility index (Phi) is 4.47. The van der Waals surface area contributed by atoms with Crippen LogP contribution in [0.25, 0.3) is 0 Å². The number of alkyl halides is 4. The van der Waals surface area contributed by atoms with Gasteiger partial charge in [-0.2, -0.15) is 13.2 Å². The molecule has 0 aromatic rings. The molecule has 0 nitrogen and oxygen atoms in total. The van der Waals surface area contributed by atoms with Crippen LogP contribution in [0, 0.1) is 0 Å². The quantitative estimate of drug-likeness (QED) is 0.372. The molecule has 0 spiro atoms. The third-order valence-electron chi connectivity index (χ3n) is 0.350. The summed E-state index contributed by atoms with van der Waals surface area (Å²) in [6.07, 6.45) is -4.17. The van der Waals surface area contributed by atoms with E-state index in [2.05, 4.69) is 0 Å². The Balaban J connectivity index is 3.07. The van der Waals surface area contributed by atoms with Crippen LogP contribution in [-0.4, -0.2) is 17.9 Å². The van der Waals surface area contributed by atoms with Crippen LogP contribution in [0.5, 0.6) is 0 Å². The topological polar surface area (TPSA) is 0 Å². The van der Waals surface area contributed by atoms with Crippen LogP contribution in [0.4, 0.5) is 17.6 Å². The molecule has 0 saturated heterocycles. The molecule has 0 bridgehead atoms. The second-order valence-electron chi connectivity index (χ2n) is 1.10. The Labute approximate surface area is 57.8 Å². The fourth-order valence-electron chi connectivity index (χ4n) is 0.140. The van der Waals surface area contributed by atoms with Crippen LogP contribution in [0.2, 0.25) is 0 Å². The third kappa shape index (κ3) is 8.42. The van der Waals surface area contributed by atoms with Crippen LogP contribution in [-0.2, 0) is 0 Å².